The summed E-state index contributed by atoms with van der Waals surface area (Å²) in [7, 11) is 0. The number of ether oxygens (including phenoxy) is 2. The molecule has 4 rings (SSSR count). The molecule has 0 aliphatic carbocycles. The Balaban J connectivity index is 1.49. The third-order valence-electron chi connectivity index (χ3n) is 5.77. The Kier molecular flexibility index (Phi) is 6.40. The average molecular weight is 388 g/mol. The maximum Gasteiger partial charge on any atom is 0.146 e. The number of benzene rings is 3. The summed E-state index contributed by atoms with van der Waals surface area (Å²) in [6, 6.07) is 31.3. The Bertz CT molecular complexity index is 869. The molecule has 0 radical (unpaired) electrons. The largest absolute Gasteiger partial charge is 0.369 e. The van der Waals surface area contributed by atoms with E-state index in [0.717, 1.165) is 19.5 Å². The van der Waals surface area contributed by atoms with E-state index in [4.69, 9.17) is 9.47 Å². The van der Waals surface area contributed by atoms with Crippen molar-refractivity contribution in [2.24, 2.45) is 0 Å². The lowest BCUT2D eigenvalue weighted by atomic mass is 10.1. The van der Waals surface area contributed by atoms with Gasteiger partial charge in [-0.2, -0.15) is 0 Å². The second-order valence-electron chi connectivity index (χ2n) is 7.81. The Labute approximate surface area is 173 Å². The normalized spacial score (nSPS) is 22.0. The maximum absolute atomic E-state index is 6.56. The van der Waals surface area contributed by atoms with Crippen LogP contribution in [0.5, 0.6) is 0 Å². The molecule has 1 fully saturated rings. The van der Waals surface area contributed by atoms with Gasteiger partial charge in [0.15, 0.2) is 0 Å². The van der Waals surface area contributed by atoms with Crippen LogP contribution in [0.4, 0.5) is 0 Å². The molecule has 0 spiro atoms. The topological polar surface area (TPSA) is 21.7 Å². The average Bonchev–Trinajstić information content (AvgIpc) is 3.08. The van der Waals surface area contributed by atoms with Crippen molar-refractivity contribution < 1.29 is 9.47 Å². The lowest BCUT2D eigenvalue weighted by Crippen LogP contribution is -2.50. The molecule has 1 aliphatic heterocycles. The van der Waals surface area contributed by atoms with Crippen LogP contribution in [0.3, 0.4) is 0 Å². The molecular weight excluding hydrogens is 358 g/mol. The highest BCUT2D eigenvalue weighted by atomic mass is 16.6. The molecule has 3 nitrogen and oxygen atoms in total. The Morgan fingerprint density at radius 3 is 1.86 bits per heavy atom. The van der Waals surface area contributed by atoms with E-state index in [1.807, 2.05) is 12.1 Å². The number of rotatable bonds is 8. The molecule has 1 saturated heterocycles. The van der Waals surface area contributed by atoms with E-state index in [0.29, 0.717) is 13.2 Å². The van der Waals surface area contributed by atoms with Gasteiger partial charge in [0.05, 0.1) is 13.2 Å². The van der Waals surface area contributed by atoms with Crippen molar-refractivity contribution >= 4 is 0 Å². The fourth-order valence-corrected chi connectivity index (χ4v) is 4.00. The zero-order valence-corrected chi connectivity index (χ0v) is 17.0. The van der Waals surface area contributed by atoms with Crippen molar-refractivity contribution in [2.75, 3.05) is 6.54 Å². The van der Waals surface area contributed by atoms with E-state index in [1.165, 1.54) is 16.7 Å². The van der Waals surface area contributed by atoms with Crippen LogP contribution >= 0.6 is 0 Å². The first-order valence-electron chi connectivity index (χ1n) is 10.4. The van der Waals surface area contributed by atoms with Crippen molar-refractivity contribution in [2.45, 2.75) is 44.9 Å². The molecular formula is C26H29NO2. The zero-order valence-electron chi connectivity index (χ0n) is 17.0. The van der Waals surface area contributed by atoms with Crippen LogP contribution in [-0.4, -0.2) is 23.3 Å². The summed E-state index contributed by atoms with van der Waals surface area (Å²) >= 11 is 0. The fraction of sp³-hybridized carbons (Fsp3) is 0.308. The Morgan fingerprint density at radius 1 is 0.759 bits per heavy atom. The molecule has 0 N–H and O–H groups in total. The van der Waals surface area contributed by atoms with Crippen LogP contribution in [0.1, 0.15) is 30.0 Å². The van der Waals surface area contributed by atoms with Gasteiger partial charge in [-0.25, -0.2) is 0 Å². The molecule has 1 heterocycles. The van der Waals surface area contributed by atoms with Crippen LogP contribution in [0.15, 0.2) is 91.0 Å². The molecule has 0 bridgehead atoms. The van der Waals surface area contributed by atoms with Crippen molar-refractivity contribution in [3.63, 3.8) is 0 Å². The third kappa shape index (κ3) is 4.94. The van der Waals surface area contributed by atoms with E-state index >= 15 is 0 Å². The van der Waals surface area contributed by atoms with Crippen LogP contribution in [-0.2, 0) is 29.2 Å². The van der Waals surface area contributed by atoms with Crippen molar-refractivity contribution in [3.05, 3.63) is 108 Å². The van der Waals surface area contributed by atoms with Gasteiger partial charge in [-0.05, 0) is 30.0 Å². The third-order valence-corrected chi connectivity index (χ3v) is 5.77. The molecule has 3 aromatic carbocycles. The van der Waals surface area contributed by atoms with Crippen molar-refractivity contribution in [1.82, 2.24) is 4.90 Å². The summed E-state index contributed by atoms with van der Waals surface area (Å²) in [6.45, 7) is 5.18. The Hall–Kier alpha value is -2.46. The molecule has 3 aromatic rings. The lowest BCUT2D eigenvalue weighted by Gasteiger charge is -2.39. The molecule has 2 atom stereocenters. The number of hydrogen-bond acceptors (Lipinski definition) is 3. The highest BCUT2D eigenvalue weighted by molar-refractivity contribution is 5.17. The number of likely N-dealkylation sites (tertiary alicyclic amines) is 1. The molecule has 1 aliphatic rings. The molecule has 0 amide bonds. The van der Waals surface area contributed by atoms with Gasteiger partial charge in [0.25, 0.3) is 0 Å². The van der Waals surface area contributed by atoms with Crippen LogP contribution < -0.4 is 0 Å². The first-order valence-corrected chi connectivity index (χ1v) is 10.4. The maximum atomic E-state index is 6.56. The van der Waals surface area contributed by atoms with Crippen LogP contribution in [0.25, 0.3) is 0 Å². The van der Waals surface area contributed by atoms with Gasteiger partial charge in [-0.3, -0.25) is 4.90 Å². The first kappa shape index (κ1) is 19.8. The summed E-state index contributed by atoms with van der Waals surface area (Å²) < 4.78 is 13.0. The van der Waals surface area contributed by atoms with Gasteiger partial charge in [0.2, 0.25) is 0 Å². The van der Waals surface area contributed by atoms with E-state index < -0.39 is 5.72 Å². The summed E-state index contributed by atoms with van der Waals surface area (Å²) in [6.07, 6.45) is 0.987. The van der Waals surface area contributed by atoms with Gasteiger partial charge in [0, 0.05) is 13.1 Å². The van der Waals surface area contributed by atoms with Gasteiger partial charge >= 0.3 is 0 Å². The predicted molar refractivity (Wildman–Crippen MR) is 116 cm³/mol. The SMILES string of the molecule is C[C@@]1(OCc2ccccc2)[C@@H](OCc2ccccc2)CCN1Cc1ccccc1. The smallest absolute Gasteiger partial charge is 0.146 e. The standard InChI is InChI=1S/C26H29NO2/c1-26(29-21-24-15-9-4-10-16-24)25(28-20-23-13-7-3-8-14-23)17-18-27(26)19-22-11-5-2-6-12-22/h2-16,25H,17-21H2,1H3/t25-,26+/m0/s1. The minimum absolute atomic E-state index is 0.0233. The second kappa shape index (κ2) is 9.36. The summed E-state index contributed by atoms with van der Waals surface area (Å²) in [5.41, 5.74) is 3.20. The van der Waals surface area contributed by atoms with Gasteiger partial charge < -0.3 is 9.47 Å². The minimum Gasteiger partial charge on any atom is -0.369 e. The summed E-state index contributed by atoms with van der Waals surface area (Å²) in [5, 5.41) is 0. The van der Waals surface area contributed by atoms with E-state index in [1.54, 1.807) is 0 Å². The van der Waals surface area contributed by atoms with Crippen LogP contribution in [0, 0.1) is 0 Å². The van der Waals surface area contributed by atoms with Gasteiger partial charge in [0.1, 0.15) is 11.8 Å². The molecule has 0 saturated carbocycles. The Morgan fingerprint density at radius 2 is 1.28 bits per heavy atom. The van der Waals surface area contributed by atoms with Gasteiger partial charge in [-0.15, -0.1) is 0 Å². The highest BCUT2D eigenvalue weighted by Gasteiger charge is 2.47. The fourth-order valence-electron chi connectivity index (χ4n) is 4.00. The van der Waals surface area contributed by atoms with Crippen molar-refractivity contribution in [3.8, 4) is 0 Å². The molecule has 0 aromatic heterocycles. The second-order valence-corrected chi connectivity index (χ2v) is 7.81. The van der Waals surface area contributed by atoms with Crippen molar-refractivity contribution in [1.29, 1.82) is 0 Å². The lowest BCUT2D eigenvalue weighted by molar-refractivity contribution is -0.197. The molecule has 29 heavy (non-hydrogen) atoms. The summed E-state index contributed by atoms with van der Waals surface area (Å²) in [4.78, 5) is 2.42. The molecule has 3 heteroatoms. The van der Waals surface area contributed by atoms with Crippen LogP contribution in [0.2, 0.25) is 0 Å². The number of hydrogen-bond donors (Lipinski definition) is 0. The monoisotopic (exact) mass is 387 g/mol. The van der Waals surface area contributed by atoms with Gasteiger partial charge in [-0.1, -0.05) is 91.0 Å². The zero-order chi connectivity index (χ0) is 19.9. The first-order chi connectivity index (χ1) is 14.2. The number of nitrogens with zero attached hydrogens (tertiary/aromatic N) is 1. The predicted octanol–water partition coefficient (Wildman–Crippen LogP) is 5.41. The summed E-state index contributed by atoms with van der Waals surface area (Å²) in [5.74, 6) is 0. The van der Waals surface area contributed by atoms with E-state index in [9.17, 15) is 0 Å². The highest BCUT2D eigenvalue weighted by Crippen LogP contribution is 2.35. The minimum atomic E-state index is -0.472. The quantitative estimate of drug-likeness (QED) is 0.516. The molecule has 0 unspecified atom stereocenters. The van der Waals surface area contributed by atoms with E-state index in [-0.39, 0.29) is 6.10 Å². The van der Waals surface area contributed by atoms with E-state index in [2.05, 4.69) is 90.7 Å². The molecule has 150 valence electrons.